The zero-order valence-electron chi connectivity index (χ0n) is 26.3. The number of nitrogens with zero attached hydrogens (tertiary/aromatic N) is 6. The summed E-state index contributed by atoms with van der Waals surface area (Å²) < 4.78 is 9.85. The van der Waals surface area contributed by atoms with E-state index in [-0.39, 0.29) is 23.2 Å². The molecule has 2 N–H and O–H groups in total. The van der Waals surface area contributed by atoms with Gasteiger partial charge in [-0.2, -0.15) is 4.98 Å². The summed E-state index contributed by atoms with van der Waals surface area (Å²) in [5.74, 6) is 1.80. The van der Waals surface area contributed by atoms with E-state index in [0.717, 1.165) is 48.4 Å². The van der Waals surface area contributed by atoms with Crippen LogP contribution in [0.3, 0.4) is 0 Å². The molecule has 1 aliphatic carbocycles. The molecule has 0 spiro atoms. The van der Waals surface area contributed by atoms with Gasteiger partial charge in [-0.05, 0) is 103 Å². The zero-order valence-corrected chi connectivity index (χ0v) is 26.3. The maximum Gasteiger partial charge on any atom is 0.278 e. The van der Waals surface area contributed by atoms with E-state index in [0.29, 0.717) is 41.3 Å². The quantitative estimate of drug-likeness (QED) is 0.297. The molecule has 1 fully saturated rings. The molecule has 6 rings (SSSR count). The van der Waals surface area contributed by atoms with Crippen LogP contribution in [0.15, 0.2) is 41.3 Å². The summed E-state index contributed by atoms with van der Waals surface area (Å²) in [4.78, 5) is 30.1. The number of nitrogens with one attached hydrogen (secondary N) is 1. The highest BCUT2D eigenvalue weighted by atomic mass is 16.5. The van der Waals surface area contributed by atoms with Gasteiger partial charge < -0.3 is 20.1 Å². The van der Waals surface area contributed by atoms with Crippen molar-refractivity contribution in [1.29, 1.82) is 0 Å². The zero-order chi connectivity index (χ0) is 30.7. The second kappa shape index (κ2) is 10.7. The molecule has 1 aromatic carbocycles. The SMILES string of the molecule is CC[C@@]1(O)CCc2ccc(-n3c4nc(Nc5ccc(OC6CCN(C)C(C)(C)C6)c(C)c5)ncc4c(=O)n3C(C)C)nc21. The van der Waals surface area contributed by atoms with Crippen molar-refractivity contribution < 1.29 is 9.84 Å². The van der Waals surface area contributed by atoms with Gasteiger partial charge in [-0.1, -0.05) is 13.0 Å². The molecule has 4 aromatic rings. The Bertz CT molecular complexity index is 1740. The Balaban J connectivity index is 1.32. The predicted octanol–water partition coefficient (Wildman–Crippen LogP) is 5.41. The van der Waals surface area contributed by atoms with E-state index in [9.17, 15) is 9.90 Å². The number of piperidine rings is 1. The van der Waals surface area contributed by atoms with E-state index in [1.165, 1.54) is 0 Å². The second-order valence-corrected chi connectivity index (χ2v) is 13.1. The average molecular weight is 586 g/mol. The molecule has 1 saturated heterocycles. The molecule has 228 valence electrons. The summed E-state index contributed by atoms with van der Waals surface area (Å²) >= 11 is 0. The van der Waals surface area contributed by atoms with E-state index in [4.69, 9.17) is 14.7 Å². The molecule has 43 heavy (non-hydrogen) atoms. The third kappa shape index (κ3) is 5.20. The van der Waals surface area contributed by atoms with E-state index >= 15 is 0 Å². The minimum atomic E-state index is -0.962. The summed E-state index contributed by atoms with van der Waals surface area (Å²) in [7, 11) is 2.17. The molecule has 4 heterocycles. The molecular weight excluding hydrogens is 542 g/mol. The number of anilines is 2. The third-order valence-corrected chi connectivity index (χ3v) is 9.40. The number of hydrogen-bond acceptors (Lipinski definition) is 8. The smallest absolute Gasteiger partial charge is 0.278 e. The molecule has 2 atom stereocenters. The first-order valence-electron chi connectivity index (χ1n) is 15.4. The van der Waals surface area contributed by atoms with E-state index < -0.39 is 5.60 Å². The fraction of sp³-hybridized carbons (Fsp3) is 0.515. The first-order chi connectivity index (χ1) is 20.4. The van der Waals surface area contributed by atoms with Crippen molar-refractivity contribution in [2.45, 2.75) is 96.9 Å². The van der Waals surface area contributed by atoms with Crippen LogP contribution in [-0.4, -0.2) is 59.6 Å². The Morgan fingerprint density at radius 3 is 2.67 bits per heavy atom. The lowest BCUT2D eigenvalue weighted by Gasteiger charge is -2.43. The summed E-state index contributed by atoms with van der Waals surface area (Å²) in [5.41, 5.74) is 3.01. The van der Waals surface area contributed by atoms with Gasteiger partial charge in [-0.15, -0.1) is 0 Å². The van der Waals surface area contributed by atoms with Crippen LogP contribution >= 0.6 is 0 Å². The number of aromatic nitrogens is 5. The summed E-state index contributed by atoms with van der Waals surface area (Å²) in [6, 6.07) is 9.75. The van der Waals surface area contributed by atoms with Crippen LogP contribution in [0, 0.1) is 6.92 Å². The summed E-state index contributed by atoms with van der Waals surface area (Å²) in [6.07, 6.45) is 5.74. The van der Waals surface area contributed by atoms with Crippen LogP contribution in [0.2, 0.25) is 0 Å². The van der Waals surface area contributed by atoms with Crippen LogP contribution in [0.25, 0.3) is 16.9 Å². The Labute approximate surface area is 252 Å². The molecule has 0 amide bonds. The van der Waals surface area contributed by atoms with Gasteiger partial charge in [0.1, 0.15) is 22.8 Å². The number of aliphatic hydroxyl groups is 1. The van der Waals surface area contributed by atoms with Gasteiger partial charge in [0.15, 0.2) is 11.5 Å². The molecular formula is C33H43N7O3. The van der Waals surface area contributed by atoms with E-state index in [1.807, 2.05) is 58.0 Å². The minimum Gasteiger partial charge on any atom is -0.490 e. The lowest BCUT2D eigenvalue weighted by Crippen LogP contribution is -2.50. The molecule has 10 heteroatoms. The molecule has 2 aliphatic rings. The lowest BCUT2D eigenvalue weighted by molar-refractivity contribution is 0.0257. The van der Waals surface area contributed by atoms with Gasteiger partial charge >= 0.3 is 0 Å². The fourth-order valence-corrected chi connectivity index (χ4v) is 6.47. The highest BCUT2D eigenvalue weighted by Gasteiger charge is 2.37. The number of pyridine rings is 1. The number of aryl methyl sites for hydroxylation is 2. The van der Waals surface area contributed by atoms with Gasteiger partial charge in [0.2, 0.25) is 5.95 Å². The standard InChI is InChI=1S/C33H43N7O3/c1-8-33(42)15-13-22-9-12-27(36-28(22)33)40-29-25(30(41)39(40)20(2)3)19-34-31(37-29)35-23-10-11-26(21(4)17-23)43-24-14-16-38(7)32(5,6)18-24/h9-12,17,19-20,24,42H,8,13-16,18H2,1-7H3,(H,34,35,37)/t24?,33-/m1/s1. The Hall–Kier alpha value is -3.76. The third-order valence-electron chi connectivity index (χ3n) is 9.40. The van der Waals surface area contributed by atoms with E-state index in [1.54, 1.807) is 15.6 Å². The van der Waals surface area contributed by atoms with Crippen molar-refractivity contribution in [3.63, 3.8) is 0 Å². The summed E-state index contributed by atoms with van der Waals surface area (Å²) in [5, 5.41) is 14.9. The van der Waals surface area contributed by atoms with Crippen LogP contribution in [0.5, 0.6) is 5.75 Å². The number of ether oxygens (including phenoxy) is 1. The monoisotopic (exact) mass is 585 g/mol. The van der Waals surface area contributed by atoms with Crippen LogP contribution in [0.1, 0.15) is 83.2 Å². The molecule has 1 unspecified atom stereocenters. The molecule has 0 bridgehead atoms. The first kappa shape index (κ1) is 29.3. The van der Waals surface area contributed by atoms with Crippen molar-refractivity contribution in [1.82, 2.24) is 29.2 Å². The van der Waals surface area contributed by atoms with Gasteiger partial charge in [0, 0.05) is 36.4 Å². The van der Waals surface area contributed by atoms with Crippen molar-refractivity contribution in [3.8, 4) is 11.6 Å². The number of likely N-dealkylation sites (tertiary alicyclic amines) is 1. The fourth-order valence-electron chi connectivity index (χ4n) is 6.47. The van der Waals surface area contributed by atoms with Gasteiger partial charge in [-0.25, -0.2) is 19.3 Å². The van der Waals surface area contributed by atoms with Crippen molar-refractivity contribution in [2.75, 3.05) is 18.9 Å². The number of hydrogen-bond donors (Lipinski definition) is 2. The Morgan fingerprint density at radius 1 is 1.19 bits per heavy atom. The molecule has 0 radical (unpaired) electrons. The van der Waals surface area contributed by atoms with Crippen molar-refractivity contribution in [3.05, 3.63) is 63.7 Å². The van der Waals surface area contributed by atoms with Crippen molar-refractivity contribution in [2.24, 2.45) is 0 Å². The molecule has 0 saturated carbocycles. The van der Waals surface area contributed by atoms with Crippen molar-refractivity contribution >= 4 is 22.7 Å². The topological polar surface area (TPSA) is 110 Å². The van der Waals surface area contributed by atoms with Crippen LogP contribution < -0.4 is 15.6 Å². The molecule has 10 nitrogen and oxygen atoms in total. The van der Waals surface area contributed by atoms with Crippen LogP contribution in [0.4, 0.5) is 11.6 Å². The van der Waals surface area contributed by atoms with Crippen LogP contribution in [-0.2, 0) is 12.0 Å². The number of fused-ring (bicyclic) bond motifs is 2. The van der Waals surface area contributed by atoms with Gasteiger partial charge in [0.05, 0.1) is 5.69 Å². The summed E-state index contributed by atoms with van der Waals surface area (Å²) in [6.45, 7) is 13.5. The normalized spacial score (nSPS) is 21.8. The Kier molecular flexibility index (Phi) is 7.33. The van der Waals surface area contributed by atoms with E-state index in [2.05, 4.69) is 36.1 Å². The van der Waals surface area contributed by atoms with Gasteiger partial charge in [0.25, 0.3) is 5.56 Å². The highest BCUT2D eigenvalue weighted by Crippen LogP contribution is 2.38. The predicted molar refractivity (Wildman–Crippen MR) is 169 cm³/mol. The number of benzene rings is 1. The molecule has 3 aromatic heterocycles. The van der Waals surface area contributed by atoms with Gasteiger partial charge in [-0.3, -0.25) is 4.79 Å². The maximum atomic E-state index is 13.5. The minimum absolute atomic E-state index is 0.107. The lowest BCUT2D eigenvalue weighted by atomic mass is 9.89. The highest BCUT2D eigenvalue weighted by molar-refractivity contribution is 5.77. The molecule has 1 aliphatic heterocycles. The largest absolute Gasteiger partial charge is 0.490 e. The number of rotatable bonds is 7. The first-order valence-corrected chi connectivity index (χ1v) is 15.4. The maximum absolute atomic E-state index is 13.5. The average Bonchev–Trinajstić information content (AvgIpc) is 3.45. The second-order valence-electron chi connectivity index (χ2n) is 13.1. The Morgan fingerprint density at radius 2 is 1.98 bits per heavy atom.